The van der Waals surface area contributed by atoms with E-state index in [0.29, 0.717) is 13.1 Å². The molecular weight excluding hydrogens is 311 g/mol. The number of aliphatic hydroxyl groups is 1. The van der Waals surface area contributed by atoms with Gasteiger partial charge >= 0.3 is 0 Å². The summed E-state index contributed by atoms with van der Waals surface area (Å²) in [4.78, 5) is 13.2. The van der Waals surface area contributed by atoms with Crippen molar-refractivity contribution in [1.29, 1.82) is 0 Å². The van der Waals surface area contributed by atoms with E-state index in [9.17, 15) is 9.18 Å². The fourth-order valence-corrected chi connectivity index (χ4v) is 3.01. The van der Waals surface area contributed by atoms with Gasteiger partial charge in [-0.1, -0.05) is 36.4 Å². The standard InChI is InChI=1S/C18H25FN2O3/c1-24-18(16(20)11-19)15-6-4-14(5-7-15)13-3-2-9-21(10-8-13)17(23)12-22/h2-7,13,16,18,22H,8-12,20H2,1H3. The highest BCUT2D eigenvalue weighted by molar-refractivity contribution is 5.77. The van der Waals surface area contributed by atoms with E-state index in [-0.39, 0.29) is 11.8 Å². The second-order valence-electron chi connectivity index (χ2n) is 5.96. The van der Waals surface area contributed by atoms with Gasteiger partial charge in [0.15, 0.2) is 0 Å². The van der Waals surface area contributed by atoms with Crippen molar-refractivity contribution in [1.82, 2.24) is 4.90 Å². The Morgan fingerprint density at radius 3 is 2.75 bits per heavy atom. The molecule has 0 saturated heterocycles. The number of rotatable bonds is 6. The second kappa shape index (κ2) is 8.92. The second-order valence-corrected chi connectivity index (χ2v) is 5.96. The summed E-state index contributed by atoms with van der Waals surface area (Å²) < 4.78 is 18.1. The molecule has 1 aromatic carbocycles. The first-order valence-electron chi connectivity index (χ1n) is 8.10. The number of ether oxygens (including phenoxy) is 1. The maximum absolute atomic E-state index is 12.8. The number of nitrogens with zero attached hydrogens (tertiary/aromatic N) is 1. The zero-order valence-electron chi connectivity index (χ0n) is 13.9. The first kappa shape index (κ1) is 18.6. The summed E-state index contributed by atoms with van der Waals surface area (Å²) in [6, 6.07) is 7.12. The van der Waals surface area contributed by atoms with Crippen molar-refractivity contribution in [3.05, 3.63) is 47.5 Å². The summed E-state index contributed by atoms with van der Waals surface area (Å²) in [5.41, 5.74) is 7.72. The smallest absolute Gasteiger partial charge is 0.248 e. The molecular formula is C18H25FN2O3. The summed E-state index contributed by atoms with van der Waals surface area (Å²) in [5.74, 6) is -0.0508. The lowest BCUT2D eigenvalue weighted by atomic mass is 9.93. The van der Waals surface area contributed by atoms with Gasteiger partial charge in [-0.3, -0.25) is 4.79 Å². The summed E-state index contributed by atoms with van der Waals surface area (Å²) in [6.45, 7) is 0.0259. The number of hydrogen-bond donors (Lipinski definition) is 2. The number of benzene rings is 1. The molecule has 1 heterocycles. The number of aliphatic hydroxyl groups excluding tert-OH is 1. The van der Waals surface area contributed by atoms with Gasteiger partial charge in [-0.05, 0) is 17.5 Å². The Hall–Kier alpha value is -1.76. The van der Waals surface area contributed by atoms with Crippen LogP contribution >= 0.6 is 0 Å². The predicted molar refractivity (Wildman–Crippen MR) is 90.3 cm³/mol. The molecule has 5 nitrogen and oxygen atoms in total. The number of hydrogen-bond acceptors (Lipinski definition) is 4. The molecule has 132 valence electrons. The Morgan fingerprint density at radius 2 is 2.17 bits per heavy atom. The summed E-state index contributed by atoms with van der Waals surface area (Å²) >= 11 is 0. The van der Waals surface area contributed by atoms with Crippen LogP contribution in [0.25, 0.3) is 0 Å². The number of alkyl halides is 1. The molecule has 3 unspecified atom stereocenters. The lowest BCUT2D eigenvalue weighted by Gasteiger charge is -2.22. The van der Waals surface area contributed by atoms with Crippen LogP contribution in [0.5, 0.6) is 0 Å². The fraction of sp³-hybridized carbons (Fsp3) is 0.500. The van der Waals surface area contributed by atoms with Crippen LogP contribution in [0.2, 0.25) is 0 Å². The molecule has 1 aromatic rings. The number of halogens is 1. The monoisotopic (exact) mass is 336 g/mol. The van der Waals surface area contributed by atoms with E-state index < -0.39 is 25.4 Å². The van der Waals surface area contributed by atoms with E-state index in [0.717, 1.165) is 17.5 Å². The minimum Gasteiger partial charge on any atom is -0.387 e. The molecule has 3 atom stereocenters. The average molecular weight is 336 g/mol. The largest absolute Gasteiger partial charge is 0.387 e. The third kappa shape index (κ3) is 4.41. The van der Waals surface area contributed by atoms with Gasteiger partial charge in [-0.15, -0.1) is 0 Å². The summed E-state index contributed by atoms with van der Waals surface area (Å²) in [7, 11) is 1.52. The van der Waals surface area contributed by atoms with Crippen LogP contribution in [0.4, 0.5) is 4.39 Å². The highest BCUT2D eigenvalue weighted by Crippen LogP contribution is 2.27. The number of allylic oxidation sites excluding steroid dienone is 1. The Kier molecular flexibility index (Phi) is 6.90. The third-order valence-corrected chi connectivity index (χ3v) is 4.41. The van der Waals surface area contributed by atoms with Crippen molar-refractivity contribution < 1.29 is 19.0 Å². The first-order valence-corrected chi connectivity index (χ1v) is 8.10. The van der Waals surface area contributed by atoms with Crippen molar-refractivity contribution >= 4 is 5.91 Å². The number of amides is 1. The van der Waals surface area contributed by atoms with E-state index in [2.05, 4.69) is 6.08 Å². The van der Waals surface area contributed by atoms with E-state index in [1.807, 2.05) is 30.3 Å². The molecule has 1 aliphatic rings. The Bertz CT molecular complexity index is 562. The van der Waals surface area contributed by atoms with Crippen LogP contribution in [0.15, 0.2) is 36.4 Å². The zero-order valence-corrected chi connectivity index (χ0v) is 13.9. The Balaban J connectivity index is 2.07. The Labute approximate surface area is 141 Å². The summed E-state index contributed by atoms with van der Waals surface area (Å²) in [5, 5.41) is 8.97. The molecule has 6 heteroatoms. The molecule has 3 N–H and O–H groups in total. The topological polar surface area (TPSA) is 75.8 Å². The van der Waals surface area contributed by atoms with E-state index >= 15 is 0 Å². The normalized spacial score (nSPS) is 20.5. The van der Waals surface area contributed by atoms with E-state index in [1.54, 1.807) is 4.90 Å². The maximum atomic E-state index is 12.8. The number of carbonyl (C=O) groups excluding carboxylic acids is 1. The fourth-order valence-electron chi connectivity index (χ4n) is 3.01. The molecule has 1 aliphatic heterocycles. The van der Waals surface area contributed by atoms with Crippen LogP contribution in [-0.2, 0) is 9.53 Å². The first-order chi connectivity index (χ1) is 11.6. The molecule has 1 amide bonds. The van der Waals surface area contributed by atoms with E-state index in [1.165, 1.54) is 7.11 Å². The molecule has 24 heavy (non-hydrogen) atoms. The van der Waals surface area contributed by atoms with Crippen molar-refractivity contribution in [2.75, 3.05) is 33.5 Å². The van der Waals surface area contributed by atoms with Gasteiger partial charge in [0.05, 0.1) is 12.1 Å². The van der Waals surface area contributed by atoms with Gasteiger partial charge < -0.3 is 20.5 Å². The molecule has 0 aliphatic carbocycles. The van der Waals surface area contributed by atoms with Gasteiger partial charge in [0.25, 0.3) is 0 Å². The lowest BCUT2D eigenvalue weighted by Crippen LogP contribution is -2.33. The number of nitrogens with two attached hydrogens (primary N) is 1. The van der Waals surface area contributed by atoms with Gasteiger partial charge in [0.2, 0.25) is 5.91 Å². The minimum absolute atomic E-state index is 0.200. The van der Waals surface area contributed by atoms with Crippen molar-refractivity contribution in [3.63, 3.8) is 0 Å². The number of methoxy groups -OCH3 is 1. The van der Waals surface area contributed by atoms with Gasteiger partial charge in [-0.25, -0.2) is 4.39 Å². The molecule has 2 rings (SSSR count). The highest BCUT2D eigenvalue weighted by atomic mass is 19.1. The molecule has 0 fully saturated rings. The number of carbonyl (C=O) groups is 1. The maximum Gasteiger partial charge on any atom is 0.248 e. The summed E-state index contributed by atoms with van der Waals surface area (Å²) in [6.07, 6.45) is 4.36. The van der Waals surface area contributed by atoms with E-state index in [4.69, 9.17) is 15.6 Å². The van der Waals surface area contributed by atoms with Crippen LogP contribution in [0, 0.1) is 0 Å². The predicted octanol–water partition coefficient (Wildman–Crippen LogP) is 1.54. The SMILES string of the molecule is COC(c1ccc(C2C=CCN(C(=O)CO)CC2)cc1)C(N)CF. The van der Waals surface area contributed by atoms with Crippen molar-refractivity contribution in [2.24, 2.45) is 5.73 Å². The molecule has 0 radical (unpaired) electrons. The minimum atomic E-state index is -0.684. The molecule has 0 bridgehead atoms. The Morgan fingerprint density at radius 1 is 1.46 bits per heavy atom. The third-order valence-electron chi connectivity index (χ3n) is 4.41. The zero-order chi connectivity index (χ0) is 17.5. The van der Waals surface area contributed by atoms with Gasteiger partial charge in [0, 0.05) is 26.1 Å². The van der Waals surface area contributed by atoms with Crippen molar-refractivity contribution in [2.45, 2.75) is 24.5 Å². The lowest BCUT2D eigenvalue weighted by molar-refractivity contribution is -0.133. The van der Waals surface area contributed by atoms with Gasteiger partial charge in [-0.2, -0.15) is 0 Å². The van der Waals surface area contributed by atoms with Crippen molar-refractivity contribution in [3.8, 4) is 0 Å². The molecule has 0 aromatic heterocycles. The van der Waals surface area contributed by atoms with Crippen LogP contribution in [-0.4, -0.2) is 55.4 Å². The van der Waals surface area contributed by atoms with Crippen LogP contribution < -0.4 is 5.73 Å². The van der Waals surface area contributed by atoms with Crippen LogP contribution in [0.3, 0.4) is 0 Å². The van der Waals surface area contributed by atoms with Crippen LogP contribution in [0.1, 0.15) is 29.6 Å². The molecule has 0 saturated carbocycles. The highest BCUT2D eigenvalue weighted by Gasteiger charge is 2.21. The average Bonchev–Trinajstić information content (AvgIpc) is 2.88. The quantitative estimate of drug-likeness (QED) is 0.773. The molecule has 0 spiro atoms. The van der Waals surface area contributed by atoms with Gasteiger partial charge in [0.1, 0.15) is 13.3 Å².